The Bertz CT molecular complexity index is 386. The molecule has 1 N–H and O–H groups in total. The summed E-state index contributed by atoms with van der Waals surface area (Å²) < 4.78 is 10.8. The number of methoxy groups -OCH3 is 1. The van der Waals surface area contributed by atoms with E-state index >= 15 is 0 Å². The van der Waals surface area contributed by atoms with Crippen LogP contribution in [0, 0.1) is 0 Å². The van der Waals surface area contributed by atoms with Crippen molar-refractivity contribution in [2.45, 2.75) is 39.7 Å². The van der Waals surface area contributed by atoms with Crippen LogP contribution in [0.5, 0.6) is 11.5 Å². The smallest absolute Gasteiger partial charge is 0.179 e. The first-order chi connectivity index (χ1) is 9.22. The van der Waals surface area contributed by atoms with E-state index in [0.717, 1.165) is 18.7 Å². The molecule has 1 aromatic carbocycles. The van der Waals surface area contributed by atoms with Crippen molar-refractivity contribution in [3.8, 4) is 11.5 Å². The molecule has 1 aromatic rings. The second-order valence-electron chi connectivity index (χ2n) is 4.43. The lowest BCUT2D eigenvalue weighted by molar-refractivity contribution is 0.310. The Morgan fingerprint density at radius 2 is 1.95 bits per heavy atom. The van der Waals surface area contributed by atoms with Crippen molar-refractivity contribution in [3.05, 3.63) is 22.7 Å². The van der Waals surface area contributed by atoms with Gasteiger partial charge in [-0.05, 0) is 37.6 Å². The van der Waals surface area contributed by atoms with Gasteiger partial charge in [-0.2, -0.15) is 0 Å². The molecular weight excluding hydrogens is 297 g/mol. The van der Waals surface area contributed by atoms with Gasteiger partial charge in [0.05, 0.1) is 18.7 Å². The Labute approximate surface area is 133 Å². The number of benzene rings is 1. The van der Waals surface area contributed by atoms with Gasteiger partial charge in [-0.15, -0.1) is 12.4 Å². The minimum atomic E-state index is 0. The second kappa shape index (κ2) is 11.1. The largest absolute Gasteiger partial charge is 0.491 e. The Balaban J connectivity index is 0.00000361. The highest BCUT2D eigenvalue weighted by molar-refractivity contribution is 6.32. The SMILES string of the molecule is CCCCCNCc1cc(Cl)c(OC)c(OCC)c1.Cl. The molecule has 116 valence electrons. The van der Waals surface area contributed by atoms with Gasteiger partial charge < -0.3 is 14.8 Å². The van der Waals surface area contributed by atoms with Crippen LogP contribution in [-0.4, -0.2) is 20.3 Å². The van der Waals surface area contributed by atoms with E-state index < -0.39 is 0 Å². The summed E-state index contributed by atoms with van der Waals surface area (Å²) >= 11 is 6.20. The van der Waals surface area contributed by atoms with Crippen molar-refractivity contribution in [1.29, 1.82) is 0 Å². The number of hydrogen-bond acceptors (Lipinski definition) is 3. The van der Waals surface area contributed by atoms with Gasteiger partial charge in [0.25, 0.3) is 0 Å². The van der Waals surface area contributed by atoms with Gasteiger partial charge in [-0.3, -0.25) is 0 Å². The van der Waals surface area contributed by atoms with Crippen LogP contribution in [-0.2, 0) is 6.54 Å². The van der Waals surface area contributed by atoms with Gasteiger partial charge in [0.2, 0.25) is 0 Å². The molecule has 20 heavy (non-hydrogen) atoms. The van der Waals surface area contributed by atoms with E-state index in [9.17, 15) is 0 Å². The average Bonchev–Trinajstić information content (AvgIpc) is 2.39. The number of halogens is 2. The summed E-state index contributed by atoms with van der Waals surface area (Å²) in [6.07, 6.45) is 3.71. The molecule has 1 rings (SSSR count). The monoisotopic (exact) mass is 321 g/mol. The normalized spacial score (nSPS) is 10.0. The van der Waals surface area contributed by atoms with Crippen molar-refractivity contribution in [3.63, 3.8) is 0 Å². The van der Waals surface area contributed by atoms with Crippen LogP contribution < -0.4 is 14.8 Å². The standard InChI is InChI=1S/C15H24ClNO2.ClH/c1-4-6-7-8-17-11-12-9-13(16)15(18-3)14(10-12)19-5-2;/h9-10,17H,4-8,11H2,1-3H3;1H. The summed E-state index contributed by atoms with van der Waals surface area (Å²) in [4.78, 5) is 0. The molecule has 0 bridgehead atoms. The molecule has 0 spiro atoms. The maximum absolute atomic E-state index is 6.20. The molecule has 0 amide bonds. The van der Waals surface area contributed by atoms with Crippen LogP contribution >= 0.6 is 24.0 Å². The maximum atomic E-state index is 6.20. The lowest BCUT2D eigenvalue weighted by Gasteiger charge is -2.13. The molecule has 0 heterocycles. The second-order valence-corrected chi connectivity index (χ2v) is 4.83. The van der Waals surface area contributed by atoms with E-state index in [1.54, 1.807) is 7.11 Å². The molecule has 5 heteroatoms. The fraction of sp³-hybridized carbons (Fsp3) is 0.600. The minimum Gasteiger partial charge on any atom is -0.491 e. The maximum Gasteiger partial charge on any atom is 0.179 e. The van der Waals surface area contributed by atoms with Gasteiger partial charge in [0, 0.05) is 6.54 Å². The highest BCUT2D eigenvalue weighted by atomic mass is 35.5. The summed E-state index contributed by atoms with van der Waals surface area (Å²) in [6.45, 7) is 6.58. The predicted octanol–water partition coefficient (Wildman–Crippen LogP) is 4.45. The van der Waals surface area contributed by atoms with Gasteiger partial charge in [0.15, 0.2) is 11.5 Å². The fourth-order valence-electron chi connectivity index (χ4n) is 1.92. The van der Waals surface area contributed by atoms with E-state index in [4.69, 9.17) is 21.1 Å². The van der Waals surface area contributed by atoms with E-state index in [1.807, 2.05) is 19.1 Å². The zero-order valence-electron chi connectivity index (χ0n) is 12.5. The highest BCUT2D eigenvalue weighted by Crippen LogP contribution is 2.36. The van der Waals surface area contributed by atoms with E-state index in [1.165, 1.54) is 19.3 Å². The lowest BCUT2D eigenvalue weighted by atomic mass is 10.2. The summed E-state index contributed by atoms with van der Waals surface area (Å²) in [5.41, 5.74) is 1.12. The van der Waals surface area contributed by atoms with Crippen LogP contribution in [0.15, 0.2) is 12.1 Å². The third-order valence-electron chi connectivity index (χ3n) is 2.86. The summed E-state index contributed by atoms with van der Waals surface area (Å²) in [7, 11) is 1.60. The molecule has 0 saturated carbocycles. The van der Waals surface area contributed by atoms with Crippen LogP contribution in [0.3, 0.4) is 0 Å². The lowest BCUT2D eigenvalue weighted by Crippen LogP contribution is -2.14. The molecule has 0 fully saturated rings. The number of nitrogens with one attached hydrogen (secondary N) is 1. The number of rotatable bonds is 9. The number of hydrogen-bond donors (Lipinski definition) is 1. The first-order valence-electron chi connectivity index (χ1n) is 6.92. The molecule has 0 aromatic heterocycles. The summed E-state index contributed by atoms with van der Waals surface area (Å²) in [5, 5.41) is 4.01. The molecule has 0 saturated heterocycles. The molecular formula is C15H25Cl2NO2. The Hall–Kier alpha value is -0.640. The summed E-state index contributed by atoms with van der Waals surface area (Å²) in [6, 6.07) is 3.91. The first kappa shape index (κ1) is 19.4. The average molecular weight is 322 g/mol. The fourth-order valence-corrected chi connectivity index (χ4v) is 2.23. The van der Waals surface area contributed by atoms with Crippen LogP contribution in [0.25, 0.3) is 0 Å². The highest BCUT2D eigenvalue weighted by Gasteiger charge is 2.11. The van der Waals surface area contributed by atoms with Crippen molar-refractivity contribution in [1.82, 2.24) is 5.32 Å². The van der Waals surface area contributed by atoms with Crippen molar-refractivity contribution >= 4 is 24.0 Å². The van der Waals surface area contributed by atoms with Gasteiger partial charge >= 0.3 is 0 Å². The van der Waals surface area contributed by atoms with Crippen molar-refractivity contribution in [2.24, 2.45) is 0 Å². The van der Waals surface area contributed by atoms with E-state index in [-0.39, 0.29) is 12.4 Å². The van der Waals surface area contributed by atoms with Crippen LogP contribution in [0.1, 0.15) is 38.7 Å². The van der Waals surface area contributed by atoms with E-state index in [2.05, 4.69) is 12.2 Å². The molecule has 0 aliphatic carbocycles. The zero-order chi connectivity index (χ0) is 14.1. The number of ether oxygens (including phenoxy) is 2. The third-order valence-corrected chi connectivity index (χ3v) is 3.14. The third kappa shape index (κ3) is 6.21. The molecule has 0 aliphatic heterocycles. The van der Waals surface area contributed by atoms with Crippen molar-refractivity contribution < 1.29 is 9.47 Å². The number of unbranched alkanes of at least 4 members (excludes halogenated alkanes) is 2. The van der Waals surface area contributed by atoms with Gasteiger partial charge in [0.1, 0.15) is 0 Å². The summed E-state index contributed by atoms with van der Waals surface area (Å²) in [5.74, 6) is 1.32. The molecule has 0 unspecified atom stereocenters. The molecule has 0 aliphatic rings. The van der Waals surface area contributed by atoms with Crippen LogP contribution in [0.4, 0.5) is 0 Å². The molecule has 0 atom stereocenters. The molecule has 0 radical (unpaired) electrons. The first-order valence-corrected chi connectivity index (χ1v) is 7.30. The van der Waals surface area contributed by atoms with Gasteiger partial charge in [-0.25, -0.2) is 0 Å². The Morgan fingerprint density at radius 3 is 2.55 bits per heavy atom. The van der Waals surface area contributed by atoms with Gasteiger partial charge in [-0.1, -0.05) is 31.4 Å². The minimum absolute atomic E-state index is 0. The zero-order valence-corrected chi connectivity index (χ0v) is 14.1. The quantitative estimate of drug-likeness (QED) is 0.681. The molecule has 3 nitrogen and oxygen atoms in total. The van der Waals surface area contributed by atoms with Crippen molar-refractivity contribution in [2.75, 3.05) is 20.3 Å². The van der Waals surface area contributed by atoms with E-state index in [0.29, 0.717) is 23.1 Å². The predicted molar refractivity (Wildman–Crippen MR) is 87.7 cm³/mol. The van der Waals surface area contributed by atoms with Crippen LogP contribution in [0.2, 0.25) is 5.02 Å². The Kier molecular flexibility index (Phi) is 10.7. The topological polar surface area (TPSA) is 30.5 Å². The Morgan fingerprint density at radius 1 is 1.20 bits per heavy atom.